The number of nitrogens with one attached hydrogen (secondary N) is 1. The van der Waals surface area contributed by atoms with Crippen LogP contribution in [0.1, 0.15) is 31.9 Å². The third kappa shape index (κ3) is 3.35. The largest absolute Gasteiger partial charge is 0.350 e. The summed E-state index contributed by atoms with van der Waals surface area (Å²) in [6, 6.07) is 16.3. The fourth-order valence-corrected chi connectivity index (χ4v) is 3.00. The first kappa shape index (κ1) is 16.3. The van der Waals surface area contributed by atoms with Crippen molar-refractivity contribution in [2.75, 3.05) is 5.32 Å². The van der Waals surface area contributed by atoms with Crippen LogP contribution in [0, 0.1) is 0 Å². The summed E-state index contributed by atoms with van der Waals surface area (Å²) in [6.07, 6.45) is 2.41. The molecule has 3 nitrogen and oxygen atoms in total. The first-order valence-corrected chi connectivity index (χ1v) is 8.28. The summed E-state index contributed by atoms with van der Waals surface area (Å²) in [4.78, 5) is 12.4. The molecule has 124 valence electrons. The highest BCUT2D eigenvalue weighted by Crippen LogP contribution is 2.24. The average Bonchev–Trinajstić information content (AvgIpc) is 2.83. The van der Waals surface area contributed by atoms with Gasteiger partial charge in [0.05, 0.1) is 6.42 Å². The molecule has 3 heteroatoms. The number of fused-ring (bicyclic) bond motifs is 1. The normalized spacial score (nSPS) is 11.7. The van der Waals surface area contributed by atoms with E-state index < -0.39 is 0 Å². The Morgan fingerprint density at radius 3 is 2.38 bits per heavy atom. The van der Waals surface area contributed by atoms with Crippen molar-refractivity contribution >= 4 is 22.5 Å². The number of aryl methyl sites for hydroxylation is 1. The van der Waals surface area contributed by atoms with E-state index in [9.17, 15) is 4.79 Å². The predicted molar refractivity (Wildman–Crippen MR) is 100 cm³/mol. The zero-order chi connectivity index (χ0) is 17.3. The van der Waals surface area contributed by atoms with Crippen molar-refractivity contribution < 1.29 is 4.79 Å². The molecule has 0 spiro atoms. The quantitative estimate of drug-likeness (QED) is 0.748. The third-order valence-electron chi connectivity index (χ3n) is 4.37. The van der Waals surface area contributed by atoms with Crippen LogP contribution in [0.3, 0.4) is 0 Å². The molecule has 0 aliphatic rings. The van der Waals surface area contributed by atoms with Gasteiger partial charge in [0.15, 0.2) is 0 Å². The molecule has 1 N–H and O–H groups in total. The van der Waals surface area contributed by atoms with Crippen molar-refractivity contribution in [2.45, 2.75) is 32.6 Å². The summed E-state index contributed by atoms with van der Waals surface area (Å²) < 4.78 is 2.07. The molecule has 0 aliphatic carbocycles. The fourth-order valence-electron chi connectivity index (χ4n) is 3.00. The van der Waals surface area contributed by atoms with Crippen LogP contribution in [0.5, 0.6) is 0 Å². The van der Waals surface area contributed by atoms with Gasteiger partial charge in [-0.05, 0) is 34.7 Å². The van der Waals surface area contributed by atoms with Gasteiger partial charge in [-0.3, -0.25) is 4.79 Å². The van der Waals surface area contributed by atoms with E-state index in [0.717, 1.165) is 22.2 Å². The van der Waals surface area contributed by atoms with E-state index >= 15 is 0 Å². The van der Waals surface area contributed by atoms with Crippen molar-refractivity contribution in [3.63, 3.8) is 0 Å². The molecular weight excluding hydrogens is 296 g/mol. The molecule has 24 heavy (non-hydrogen) atoms. The third-order valence-corrected chi connectivity index (χ3v) is 4.37. The summed E-state index contributed by atoms with van der Waals surface area (Å²) >= 11 is 0. The summed E-state index contributed by atoms with van der Waals surface area (Å²) in [5.41, 5.74) is 4.42. The highest BCUT2D eigenvalue weighted by molar-refractivity contribution is 5.95. The number of hydrogen-bond acceptors (Lipinski definition) is 1. The van der Waals surface area contributed by atoms with Gasteiger partial charge in [-0.25, -0.2) is 0 Å². The van der Waals surface area contributed by atoms with Crippen LogP contribution < -0.4 is 5.32 Å². The standard InChI is InChI=1S/C21H24N2O/c1-21(2,3)16-9-11-17(12-10-16)22-20(24)13-15-14-23(4)19-8-6-5-7-18(15)19/h5-12,14H,13H2,1-4H3,(H,22,24). The van der Waals surface area contributed by atoms with E-state index in [0.29, 0.717) is 6.42 Å². The lowest BCUT2D eigenvalue weighted by Crippen LogP contribution is -2.15. The van der Waals surface area contributed by atoms with Gasteiger partial charge < -0.3 is 9.88 Å². The second-order valence-corrected chi connectivity index (χ2v) is 7.33. The second-order valence-electron chi connectivity index (χ2n) is 7.33. The van der Waals surface area contributed by atoms with Crippen LogP contribution in [-0.2, 0) is 23.7 Å². The molecule has 0 radical (unpaired) electrons. The molecule has 0 saturated carbocycles. The predicted octanol–water partition coefficient (Wildman–Crippen LogP) is 4.66. The minimum absolute atomic E-state index is 0.00913. The zero-order valence-corrected chi connectivity index (χ0v) is 14.8. The van der Waals surface area contributed by atoms with Crippen LogP contribution in [-0.4, -0.2) is 10.5 Å². The van der Waals surface area contributed by atoms with Crippen molar-refractivity contribution in [1.82, 2.24) is 4.57 Å². The second kappa shape index (κ2) is 6.16. The summed E-state index contributed by atoms with van der Waals surface area (Å²) in [7, 11) is 2.01. The molecule has 0 atom stereocenters. The summed E-state index contributed by atoms with van der Waals surface area (Å²) in [5, 5.41) is 4.13. The lowest BCUT2D eigenvalue weighted by molar-refractivity contribution is -0.115. The smallest absolute Gasteiger partial charge is 0.228 e. The SMILES string of the molecule is Cn1cc(CC(=O)Nc2ccc(C(C)(C)C)cc2)c2ccccc21. The Morgan fingerprint density at radius 1 is 1.04 bits per heavy atom. The number of benzene rings is 2. The van der Waals surface area contributed by atoms with Crippen LogP contribution in [0.25, 0.3) is 10.9 Å². The topological polar surface area (TPSA) is 34.0 Å². The Balaban J connectivity index is 1.73. The first-order chi connectivity index (χ1) is 11.3. The Labute approximate surface area is 143 Å². The highest BCUT2D eigenvalue weighted by Gasteiger charge is 2.14. The van der Waals surface area contributed by atoms with Crippen LogP contribution >= 0.6 is 0 Å². The molecular formula is C21H24N2O. The van der Waals surface area contributed by atoms with Crippen molar-refractivity contribution in [1.29, 1.82) is 0 Å². The number of aromatic nitrogens is 1. The number of nitrogens with zero attached hydrogens (tertiary/aromatic N) is 1. The minimum atomic E-state index is 0.00913. The lowest BCUT2D eigenvalue weighted by atomic mass is 9.87. The summed E-state index contributed by atoms with van der Waals surface area (Å²) in [5.74, 6) is 0.00913. The molecule has 2 aromatic carbocycles. The van der Waals surface area contributed by atoms with Gasteiger partial charge in [0.1, 0.15) is 0 Å². The molecule has 3 rings (SSSR count). The van der Waals surface area contributed by atoms with E-state index in [-0.39, 0.29) is 11.3 Å². The summed E-state index contributed by atoms with van der Waals surface area (Å²) in [6.45, 7) is 6.54. The fraction of sp³-hybridized carbons (Fsp3) is 0.286. The Bertz CT molecular complexity index is 867. The lowest BCUT2D eigenvalue weighted by Gasteiger charge is -2.19. The van der Waals surface area contributed by atoms with Crippen molar-refractivity contribution in [3.05, 3.63) is 65.9 Å². The Hall–Kier alpha value is -2.55. The average molecular weight is 320 g/mol. The van der Waals surface area contributed by atoms with Crippen LogP contribution in [0.4, 0.5) is 5.69 Å². The molecule has 0 saturated heterocycles. The zero-order valence-electron chi connectivity index (χ0n) is 14.8. The molecule has 1 amide bonds. The maximum atomic E-state index is 12.4. The van der Waals surface area contributed by atoms with E-state index in [1.165, 1.54) is 5.56 Å². The number of carbonyl (C=O) groups excluding carboxylic acids is 1. The number of amides is 1. The number of rotatable bonds is 3. The van der Waals surface area contributed by atoms with E-state index in [4.69, 9.17) is 0 Å². The molecule has 1 heterocycles. The van der Waals surface area contributed by atoms with Gasteiger partial charge in [0.2, 0.25) is 5.91 Å². The van der Waals surface area contributed by atoms with E-state index in [2.05, 4.69) is 54.9 Å². The van der Waals surface area contributed by atoms with Gasteiger partial charge in [0.25, 0.3) is 0 Å². The molecule has 0 unspecified atom stereocenters. The number of hydrogen-bond donors (Lipinski definition) is 1. The van der Waals surface area contributed by atoms with Gasteiger partial charge in [-0.2, -0.15) is 0 Å². The molecule has 0 aliphatic heterocycles. The van der Waals surface area contributed by atoms with E-state index in [1.54, 1.807) is 0 Å². The van der Waals surface area contributed by atoms with Gasteiger partial charge >= 0.3 is 0 Å². The molecule has 1 aromatic heterocycles. The molecule has 0 bridgehead atoms. The monoisotopic (exact) mass is 320 g/mol. The van der Waals surface area contributed by atoms with Crippen molar-refractivity contribution in [3.8, 4) is 0 Å². The van der Waals surface area contributed by atoms with Gasteiger partial charge in [-0.15, -0.1) is 0 Å². The number of anilines is 1. The van der Waals surface area contributed by atoms with Crippen LogP contribution in [0.2, 0.25) is 0 Å². The maximum absolute atomic E-state index is 12.4. The van der Waals surface area contributed by atoms with Crippen LogP contribution in [0.15, 0.2) is 54.7 Å². The molecule has 3 aromatic rings. The Morgan fingerprint density at radius 2 is 1.71 bits per heavy atom. The first-order valence-electron chi connectivity index (χ1n) is 8.28. The maximum Gasteiger partial charge on any atom is 0.228 e. The van der Waals surface area contributed by atoms with Gasteiger partial charge in [-0.1, -0.05) is 51.1 Å². The Kier molecular flexibility index (Phi) is 4.18. The molecule has 0 fully saturated rings. The van der Waals surface area contributed by atoms with Gasteiger partial charge in [0, 0.05) is 29.8 Å². The number of para-hydroxylation sites is 1. The van der Waals surface area contributed by atoms with Crippen molar-refractivity contribution in [2.24, 2.45) is 7.05 Å². The minimum Gasteiger partial charge on any atom is -0.350 e. The highest BCUT2D eigenvalue weighted by atomic mass is 16.1. The van der Waals surface area contributed by atoms with E-state index in [1.807, 2.05) is 37.5 Å². The number of carbonyl (C=O) groups is 1.